The van der Waals surface area contributed by atoms with Crippen LogP contribution in [0, 0.1) is 0 Å². The SMILES string of the molecule is CCOc1cc(CN(C)C(=O)c2csc(CCN)n2)ccc1OC(F)F.Cl. The molecule has 2 N–H and O–H groups in total. The van der Waals surface area contributed by atoms with Gasteiger partial charge in [-0.2, -0.15) is 8.78 Å². The number of thiazole rings is 1. The lowest BCUT2D eigenvalue weighted by Crippen LogP contribution is -2.26. The second-order valence-corrected chi connectivity index (χ2v) is 6.36. The molecule has 0 saturated carbocycles. The highest BCUT2D eigenvalue weighted by atomic mass is 35.5. The minimum absolute atomic E-state index is 0. The summed E-state index contributed by atoms with van der Waals surface area (Å²) in [6.07, 6.45) is 0.630. The van der Waals surface area contributed by atoms with E-state index in [-0.39, 0.29) is 36.4 Å². The van der Waals surface area contributed by atoms with Gasteiger partial charge in [-0.25, -0.2) is 4.98 Å². The van der Waals surface area contributed by atoms with Gasteiger partial charge in [-0.3, -0.25) is 4.79 Å². The first-order valence-electron chi connectivity index (χ1n) is 8.05. The molecule has 27 heavy (non-hydrogen) atoms. The molecule has 0 radical (unpaired) electrons. The number of carbonyl (C=O) groups excluding carboxylic acids is 1. The smallest absolute Gasteiger partial charge is 0.387 e. The van der Waals surface area contributed by atoms with E-state index in [0.29, 0.717) is 25.3 Å². The minimum atomic E-state index is -2.93. The van der Waals surface area contributed by atoms with Crippen LogP contribution in [0.2, 0.25) is 0 Å². The first-order valence-corrected chi connectivity index (χ1v) is 8.93. The zero-order valence-electron chi connectivity index (χ0n) is 15.0. The Bertz CT molecular complexity index is 746. The highest BCUT2D eigenvalue weighted by Crippen LogP contribution is 2.30. The fraction of sp³-hybridized carbons (Fsp3) is 0.412. The molecule has 1 heterocycles. The predicted octanol–water partition coefficient (Wildman–Crippen LogP) is 3.34. The van der Waals surface area contributed by atoms with Crippen molar-refractivity contribution in [1.29, 1.82) is 0 Å². The summed E-state index contributed by atoms with van der Waals surface area (Å²) >= 11 is 1.40. The summed E-state index contributed by atoms with van der Waals surface area (Å²) in [5.74, 6) is -0.0501. The van der Waals surface area contributed by atoms with Crippen LogP contribution in [-0.4, -0.2) is 42.6 Å². The van der Waals surface area contributed by atoms with Gasteiger partial charge in [0.25, 0.3) is 5.91 Å². The molecule has 0 fully saturated rings. The largest absolute Gasteiger partial charge is 0.490 e. The Hall–Kier alpha value is -1.97. The van der Waals surface area contributed by atoms with Crippen molar-refractivity contribution in [2.45, 2.75) is 26.5 Å². The summed E-state index contributed by atoms with van der Waals surface area (Å²) in [5.41, 5.74) is 6.58. The van der Waals surface area contributed by atoms with Crippen LogP contribution in [0.3, 0.4) is 0 Å². The third kappa shape index (κ3) is 6.60. The van der Waals surface area contributed by atoms with Gasteiger partial charge in [0, 0.05) is 25.4 Å². The van der Waals surface area contributed by atoms with Crippen LogP contribution >= 0.6 is 23.7 Å². The number of hydrogen-bond acceptors (Lipinski definition) is 6. The molecule has 1 aromatic heterocycles. The Kier molecular flexibility index (Phi) is 9.40. The lowest BCUT2D eigenvalue weighted by Gasteiger charge is -2.18. The maximum absolute atomic E-state index is 12.5. The molecule has 2 aromatic rings. The highest BCUT2D eigenvalue weighted by Gasteiger charge is 2.17. The molecule has 150 valence electrons. The van der Waals surface area contributed by atoms with Crippen molar-refractivity contribution in [2.75, 3.05) is 20.2 Å². The average Bonchev–Trinajstić information content (AvgIpc) is 3.05. The standard InChI is InChI=1S/C17H21F2N3O3S.ClH/c1-3-24-14-8-11(4-5-13(14)25-17(18)19)9-22(2)16(23)12-10-26-15(21-12)6-7-20;/h4-5,8,10,17H,3,6-7,9,20H2,1-2H3;1H. The van der Waals surface area contributed by atoms with Gasteiger partial charge in [-0.15, -0.1) is 23.7 Å². The summed E-state index contributed by atoms with van der Waals surface area (Å²) in [6, 6.07) is 4.61. The van der Waals surface area contributed by atoms with E-state index < -0.39 is 6.61 Å². The van der Waals surface area contributed by atoms with E-state index in [2.05, 4.69) is 9.72 Å². The fourth-order valence-electron chi connectivity index (χ4n) is 2.30. The second kappa shape index (κ2) is 11.0. The lowest BCUT2D eigenvalue weighted by atomic mass is 10.2. The van der Waals surface area contributed by atoms with Crippen molar-refractivity contribution in [3.8, 4) is 11.5 Å². The topological polar surface area (TPSA) is 77.7 Å². The van der Waals surface area contributed by atoms with E-state index in [1.807, 2.05) is 0 Å². The Labute approximate surface area is 166 Å². The van der Waals surface area contributed by atoms with Gasteiger partial charge in [0.1, 0.15) is 5.69 Å². The van der Waals surface area contributed by atoms with E-state index in [4.69, 9.17) is 10.5 Å². The van der Waals surface area contributed by atoms with E-state index in [1.54, 1.807) is 31.5 Å². The number of hydrogen-bond donors (Lipinski definition) is 1. The molecular weight excluding hydrogens is 400 g/mol. The van der Waals surface area contributed by atoms with Gasteiger partial charge in [0.15, 0.2) is 11.5 Å². The van der Waals surface area contributed by atoms with Gasteiger partial charge >= 0.3 is 6.61 Å². The molecule has 6 nitrogen and oxygen atoms in total. The third-order valence-corrected chi connectivity index (χ3v) is 4.33. The van der Waals surface area contributed by atoms with Gasteiger partial charge in [-0.1, -0.05) is 6.07 Å². The molecule has 1 aromatic carbocycles. The van der Waals surface area contributed by atoms with Crippen LogP contribution in [0.15, 0.2) is 23.6 Å². The number of carbonyl (C=O) groups is 1. The third-order valence-electron chi connectivity index (χ3n) is 3.42. The van der Waals surface area contributed by atoms with Crippen molar-refractivity contribution in [2.24, 2.45) is 5.73 Å². The van der Waals surface area contributed by atoms with Crippen LogP contribution in [0.5, 0.6) is 11.5 Å². The summed E-state index contributed by atoms with van der Waals surface area (Å²) in [5, 5.41) is 2.52. The second-order valence-electron chi connectivity index (χ2n) is 5.42. The van der Waals surface area contributed by atoms with Gasteiger partial charge < -0.3 is 20.1 Å². The molecule has 2 rings (SSSR count). The maximum atomic E-state index is 12.5. The summed E-state index contributed by atoms with van der Waals surface area (Å²) in [6.45, 7) is -0.130. The quantitative estimate of drug-likeness (QED) is 0.671. The molecule has 10 heteroatoms. The summed E-state index contributed by atoms with van der Waals surface area (Å²) < 4.78 is 34.7. The van der Waals surface area contributed by atoms with Gasteiger partial charge in [-0.05, 0) is 31.2 Å². The first-order chi connectivity index (χ1) is 12.4. The molecule has 0 spiro atoms. The monoisotopic (exact) mass is 421 g/mol. The van der Waals surface area contributed by atoms with E-state index in [0.717, 1.165) is 10.6 Å². The molecule has 0 aliphatic heterocycles. The number of nitrogens with two attached hydrogens (primary N) is 1. The van der Waals surface area contributed by atoms with Crippen molar-refractivity contribution in [3.05, 3.63) is 39.8 Å². The van der Waals surface area contributed by atoms with E-state index in [1.165, 1.54) is 22.3 Å². The maximum Gasteiger partial charge on any atom is 0.387 e. The van der Waals surface area contributed by atoms with Crippen LogP contribution in [0.1, 0.15) is 28.0 Å². The summed E-state index contributed by atoms with van der Waals surface area (Å²) in [7, 11) is 1.65. The molecule has 0 saturated heterocycles. The minimum Gasteiger partial charge on any atom is -0.490 e. The van der Waals surface area contributed by atoms with Crippen LogP contribution in [0.25, 0.3) is 0 Å². The van der Waals surface area contributed by atoms with Gasteiger partial charge in [0.05, 0.1) is 11.6 Å². The van der Waals surface area contributed by atoms with Crippen molar-refractivity contribution in [3.63, 3.8) is 0 Å². The molecule has 1 amide bonds. The average molecular weight is 422 g/mol. The van der Waals surface area contributed by atoms with Crippen LogP contribution < -0.4 is 15.2 Å². The zero-order valence-corrected chi connectivity index (χ0v) is 16.6. The number of nitrogens with zero attached hydrogens (tertiary/aromatic N) is 2. The molecule has 0 unspecified atom stereocenters. The first kappa shape index (κ1) is 23.1. The van der Waals surface area contributed by atoms with Crippen LogP contribution in [-0.2, 0) is 13.0 Å². The number of ether oxygens (including phenoxy) is 2. The van der Waals surface area contributed by atoms with E-state index in [9.17, 15) is 13.6 Å². The Morgan fingerprint density at radius 3 is 2.74 bits per heavy atom. The number of halogens is 3. The predicted molar refractivity (Wildman–Crippen MR) is 102 cm³/mol. The highest BCUT2D eigenvalue weighted by molar-refractivity contribution is 7.09. The Morgan fingerprint density at radius 1 is 1.37 bits per heavy atom. The number of benzene rings is 1. The van der Waals surface area contributed by atoms with E-state index >= 15 is 0 Å². The molecule has 0 atom stereocenters. The number of aromatic nitrogens is 1. The molecule has 0 aliphatic rings. The molecule has 0 aliphatic carbocycles. The molecule has 0 bridgehead atoms. The van der Waals surface area contributed by atoms with Gasteiger partial charge in [0.2, 0.25) is 0 Å². The normalized spacial score (nSPS) is 10.4. The number of amides is 1. The van der Waals surface area contributed by atoms with Crippen molar-refractivity contribution in [1.82, 2.24) is 9.88 Å². The zero-order chi connectivity index (χ0) is 19.1. The van der Waals surface area contributed by atoms with Crippen molar-refractivity contribution >= 4 is 29.7 Å². The van der Waals surface area contributed by atoms with Crippen molar-refractivity contribution < 1.29 is 23.0 Å². The number of alkyl halides is 2. The fourth-order valence-corrected chi connectivity index (χ4v) is 3.09. The lowest BCUT2D eigenvalue weighted by molar-refractivity contribution is -0.0514. The Morgan fingerprint density at radius 2 is 2.11 bits per heavy atom. The van der Waals surface area contributed by atoms with Crippen LogP contribution in [0.4, 0.5) is 8.78 Å². The molecular formula is C17H22ClF2N3O3S. The number of rotatable bonds is 9. The Balaban J connectivity index is 0.00000364. The summed E-state index contributed by atoms with van der Waals surface area (Å²) in [4.78, 5) is 18.2.